The quantitative estimate of drug-likeness (QED) is 0.607. The molecule has 1 saturated heterocycles. The zero-order valence-electron chi connectivity index (χ0n) is 8.10. The molecule has 3 nitrogen and oxygen atoms in total. The number of hydrogen-bond acceptors (Lipinski definition) is 3. The van der Waals surface area contributed by atoms with Crippen LogP contribution in [0.25, 0.3) is 0 Å². The van der Waals surface area contributed by atoms with E-state index in [9.17, 15) is 0 Å². The summed E-state index contributed by atoms with van der Waals surface area (Å²) in [5, 5.41) is 6.82. The maximum atomic E-state index is 3.41. The van der Waals surface area contributed by atoms with Crippen molar-refractivity contribution in [3.05, 3.63) is 0 Å². The van der Waals surface area contributed by atoms with E-state index in [0.29, 0.717) is 0 Å². The van der Waals surface area contributed by atoms with Crippen LogP contribution in [0, 0.1) is 0 Å². The van der Waals surface area contributed by atoms with Gasteiger partial charge in [-0.2, -0.15) is 0 Å². The van der Waals surface area contributed by atoms with Crippen molar-refractivity contribution in [2.75, 3.05) is 45.8 Å². The van der Waals surface area contributed by atoms with Crippen LogP contribution in [-0.4, -0.2) is 50.7 Å². The van der Waals surface area contributed by atoms with Gasteiger partial charge in [0, 0.05) is 39.3 Å². The van der Waals surface area contributed by atoms with E-state index in [0.717, 1.165) is 26.2 Å². The van der Waals surface area contributed by atoms with Crippen molar-refractivity contribution in [3.63, 3.8) is 0 Å². The van der Waals surface area contributed by atoms with Gasteiger partial charge in [-0.15, -0.1) is 0 Å². The second-order valence-electron chi connectivity index (χ2n) is 3.34. The SMILES string of the molecule is CCCN1CCNCCNCC1. The molecule has 0 atom stereocenters. The summed E-state index contributed by atoms with van der Waals surface area (Å²) in [6.45, 7) is 10.4. The lowest BCUT2D eigenvalue weighted by Crippen LogP contribution is -2.34. The van der Waals surface area contributed by atoms with Gasteiger partial charge in [-0.05, 0) is 13.0 Å². The zero-order valence-corrected chi connectivity index (χ0v) is 8.10. The molecule has 0 aromatic rings. The molecule has 0 aliphatic carbocycles. The summed E-state index contributed by atoms with van der Waals surface area (Å²) in [5.74, 6) is 0. The second kappa shape index (κ2) is 6.40. The first-order valence-electron chi connectivity index (χ1n) is 5.07. The van der Waals surface area contributed by atoms with Crippen molar-refractivity contribution in [1.82, 2.24) is 15.5 Å². The van der Waals surface area contributed by atoms with Gasteiger partial charge in [-0.25, -0.2) is 0 Å². The van der Waals surface area contributed by atoms with Gasteiger partial charge in [-0.3, -0.25) is 0 Å². The van der Waals surface area contributed by atoms with Crippen LogP contribution in [0.2, 0.25) is 0 Å². The van der Waals surface area contributed by atoms with E-state index >= 15 is 0 Å². The molecule has 12 heavy (non-hydrogen) atoms. The molecule has 72 valence electrons. The van der Waals surface area contributed by atoms with Gasteiger partial charge in [0.05, 0.1) is 0 Å². The number of nitrogens with one attached hydrogen (secondary N) is 2. The fourth-order valence-electron chi connectivity index (χ4n) is 1.55. The Balaban J connectivity index is 2.19. The first-order chi connectivity index (χ1) is 5.93. The minimum absolute atomic E-state index is 1.11. The fourth-order valence-corrected chi connectivity index (χ4v) is 1.55. The lowest BCUT2D eigenvalue weighted by atomic mass is 10.4. The Morgan fingerprint density at radius 3 is 2.08 bits per heavy atom. The van der Waals surface area contributed by atoms with Crippen LogP contribution in [0.15, 0.2) is 0 Å². The maximum absolute atomic E-state index is 3.41. The van der Waals surface area contributed by atoms with E-state index in [-0.39, 0.29) is 0 Å². The Kier molecular flexibility index (Phi) is 5.32. The van der Waals surface area contributed by atoms with E-state index in [1.165, 1.54) is 26.1 Å². The molecule has 0 aromatic heterocycles. The van der Waals surface area contributed by atoms with Crippen LogP contribution in [0.5, 0.6) is 0 Å². The van der Waals surface area contributed by atoms with Crippen LogP contribution in [-0.2, 0) is 0 Å². The summed E-state index contributed by atoms with van der Waals surface area (Å²) in [5.41, 5.74) is 0. The lowest BCUT2D eigenvalue weighted by Gasteiger charge is -2.20. The predicted octanol–water partition coefficient (Wildman–Crippen LogP) is -0.109. The van der Waals surface area contributed by atoms with Gasteiger partial charge >= 0.3 is 0 Å². The van der Waals surface area contributed by atoms with Crippen molar-refractivity contribution in [1.29, 1.82) is 0 Å². The monoisotopic (exact) mass is 171 g/mol. The van der Waals surface area contributed by atoms with Crippen molar-refractivity contribution in [2.24, 2.45) is 0 Å². The third-order valence-corrected chi connectivity index (χ3v) is 2.23. The van der Waals surface area contributed by atoms with E-state index < -0.39 is 0 Å². The summed E-state index contributed by atoms with van der Waals surface area (Å²) < 4.78 is 0. The van der Waals surface area contributed by atoms with Gasteiger partial charge in [0.1, 0.15) is 0 Å². The number of nitrogens with zero attached hydrogens (tertiary/aromatic N) is 1. The molecule has 0 saturated carbocycles. The molecule has 0 spiro atoms. The van der Waals surface area contributed by atoms with Crippen molar-refractivity contribution in [2.45, 2.75) is 13.3 Å². The normalized spacial score (nSPS) is 22.8. The molecule has 0 radical (unpaired) electrons. The number of rotatable bonds is 2. The lowest BCUT2D eigenvalue weighted by molar-refractivity contribution is 0.281. The third kappa shape index (κ3) is 4.04. The molecule has 0 amide bonds. The van der Waals surface area contributed by atoms with Crippen LogP contribution >= 0.6 is 0 Å². The average molecular weight is 171 g/mol. The fraction of sp³-hybridized carbons (Fsp3) is 1.00. The van der Waals surface area contributed by atoms with Crippen LogP contribution in [0.4, 0.5) is 0 Å². The van der Waals surface area contributed by atoms with Gasteiger partial charge < -0.3 is 15.5 Å². The molecule has 0 bridgehead atoms. The predicted molar refractivity (Wildman–Crippen MR) is 52.5 cm³/mol. The standard InChI is InChI=1S/C9H21N3/c1-2-7-12-8-5-10-3-4-11-6-9-12/h10-11H,2-9H2,1H3. The van der Waals surface area contributed by atoms with Crippen molar-refractivity contribution in [3.8, 4) is 0 Å². The Labute approximate surface area is 75.5 Å². The molecular formula is C9H21N3. The molecule has 1 fully saturated rings. The molecule has 1 heterocycles. The van der Waals surface area contributed by atoms with Gasteiger partial charge in [0.2, 0.25) is 0 Å². The molecule has 0 unspecified atom stereocenters. The molecule has 3 heteroatoms. The highest BCUT2D eigenvalue weighted by molar-refractivity contribution is 4.64. The molecular weight excluding hydrogens is 150 g/mol. The van der Waals surface area contributed by atoms with Crippen LogP contribution in [0.3, 0.4) is 0 Å². The summed E-state index contributed by atoms with van der Waals surface area (Å²) in [6.07, 6.45) is 1.26. The van der Waals surface area contributed by atoms with Crippen LogP contribution in [0.1, 0.15) is 13.3 Å². The van der Waals surface area contributed by atoms with Gasteiger partial charge in [0.25, 0.3) is 0 Å². The van der Waals surface area contributed by atoms with Crippen molar-refractivity contribution < 1.29 is 0 Å². The Bertz CT molecular complexity index is 95.9. The first kappa shape index (κ1) is 9.96. The van der Waals surface area contributed by atoms with Gasteiger partial charge in [-0.1, -0.05) is 6.92 Å². The minimum Gasteiger partial charge on any atom is -0.314 e. The summed E-state index contributed by atoms with van der Waals surface area (Å²) in [4.78, 5) is 2.52. The van der Waals surface area contributed by atoms with E-state index in [4.69, 9.17) is 0 Å². The Morgan fingerprint density at radius 2 is 1.58 bits per heavy atom. The Hall–Kier alpha value is -0.120. The third-order valence-electron chi connectivity index (χ3n) is 2.23. The smallest absolute Gasteiger partial charge is 0.0107 e. The average Bonchev–Trinajstić information content (AvgIpc) is 2.19. The maximum Gasteiger partial charge on any atom is 0.0107 e. The van der Waals surface area contributed by atoms with E-state index in [1.54, 1.807) is 0 Å². The number of hydrogen-bond donors (Lipinski definition) is 2. The van der Waals surface area contributed by atoms with E-state index in [2.05, 4.69) is 22.5 Å². The highest BCUT2D eigenvalue weighted by Gasteiger charge is 2.04. The first-order valence-corrected chi connectivity index (χ1v) is 5.07. The van der Waals surface area contributed by atoms with Crippen LogP contribution < -0.4 is 10.6 Å². The second-order valence-corrected chi connectivity index (χ2v) is 3.34. The highest BCUT2D eigenvalue weighted by Crippen LogP contribution is 1.90. The largest absolute Gasteiger partial charge is 0.314 e. The molecule has 2 N–H and O–H groups in total. The molecule has 0 aromatic carbocycles. The van der Waals surface area contributed by atoms with Gasteiger partial charge in [0.15, 0.2) is 0 Å². The molecule has 1 aliphatic heterocycles. The summed E-state index contributed by atoms with van der Waals surface area (Å²) >= 11 is 0. The zero-order chi connectivity index (χ0) is 8.65. The highest BCUT2D eigenvalue weighted by atomic mass is 15.2. The molecule has 1 rings (SSSR count). The molecule has 1 aliphatic rings. The summed E-state index contributed by atoms with van der Waals surface area (Å²) in [6, 6.07) is 0. The Morgan fingerprint density at radius 1 is 1.00 bits per heavy atom. The minimum atomic E-state index is 1.11. The summed E-state index contributed by atoms with van der Waals surface area (Å²) in [7, 11) is 0. The van der Waals surface area contributed by atoms with E-state index in [1.807, 2.05) is 0 Å². The van der Waals surface area contributed by atoms with Crippen molar-refractivity contribution >= 4 is 0 Å². The topological polar surface area (TPSA) is 27.3 Å².